The van der Waals surface area contributed by atoms with E-state index in [-0.39, 0.29) is 0 Å². The van der Waals surface area contributed by atoms with Crippen molar-refractivity contribution in [1.29, 1.82) is 0 Å². The Balaban J connectivity index is 2.48. The molecule has 0 saturated heterocycles. The summed E-state index contributed by atoms with van der Waals surface area (Å²) in [6, 6.07) is 3.82. The maximum Gasteiger partial charge on any atom is 0.210 e. The zero-order valence-corrected chi connectivity index (χ0v) is 10.2. The molecular weight excluding hydrogens is 218 g/mol. The quantitative estimate of drug-likeness (QED) is 0.747. The summed E-state index contributed by atoms with van der Waals surface area (Å²) < 4.78 is 10.7. The fourth-order valence-corrected chi connectivity index (χ4v) is 2.31. The summed E-state index contributed by atoms with van der Waals surface area (Å²) in [5, 5.41) is 0. The summed E-state index contributed by atoms with van der Waals surface area (Å²) in [7, 11) is 3.32. The molecule has 0 aromatic heterocycles. The van der Waals surface area contributed by atoms with Crippen molar-refractivity contribution in [3.63, 3.8) is 0 Å². The Morgan fingerprint density at radius 3 is 2.41 bits per heavy atom. The highest BCUT2D eigenvalue weighted by molar-refractivity contribution is 5.53. The second-order valence-corrected chi connectivity index (χ2v) is 4.11. The minimum atomic E-state index is 0.596. The lowest BCUT2D eigenvalue weighted by Crippen LogP contribution is -2.21. The SMILES string of the molecule is COc1ccc(OC)c2c1CCCN(C=O)C2. The van der Waals surface area contributed by atoms with E-state index in [9.17, 15) is 4.79 Å². The Kier molecular flexibility index (Phi) is 3.52. The molecule has 0 radical (unpaired) electrons. The highest BCUT2D eigenvalue weighted by Gasteiger charge is 2.20. The van der Waals surface area contributed by atoms with Gasteiger partial charge in [0, 0.05) is 24.2 Å². The Hall–Kier alpha value is -1.71. The monoisotopic (exact) mass is 235 g/mol. The molecule has 1 aliphatic heterocycles. The van der Waals surface area contributed by atoms with Crippen molar-refractivity contribution in [2.24, 2.45) is 0 Å². The van der Waals surface area contributed by atoms with E-state index in [0.717, 1.165) is 48.4 Å². The van der Waals surface area contributed by atoms with Crippen molar-refractivity contribution in [3.8, 4) is 11.5 Å². The molecule has 92 valence electrons. The number of methoxy groups -OCH3 is 2. The number of carbonyl (C=O) groups is 1. The van der Waals surface area contributed by atoms with Crippen LogP contribution in [0.1, 0.15) is 17.5 Å². The number of fused-ring (bicyclic) bond motifs is 1. The maximum atomic E-state index is 10.9. The summed E-state index contributed by atoms with van der Waals surface area (Å²) in [6.45, 7) is 1.38. The average Bonchev–Trinajstić information content (AvgIpc) is 2.59. The number of amides is 1. The number of carbonyl (C=O) groups excluding carboxylic acids is 1. The van der Waals surface area contributed by atoms with Gasteiger partial charge >= 0.3 is 0 Å². The number of nitrogens with zero attached hydrogens (tertiary/aromatic N) is 1. The van der Waals surface area contributed by atoms with Crippen LogP contribution in [0.5, 0.6) is 11.5 Å². The number of rotatable bonds is 3. The molecule has 0 bridgehead atoms. The molecule has 2 rings (SSSR count). The molecule has 1 heterocycles. The molecule has 17 heavy (non-hydrogen) atoms. The number of hydrogen-bond acceptors (Lipinski definition) is 3. The van der Waals surface area contributed by atoms with Crippen molar-refractivity contribution in [2.75, 3.05) is 20.8 Å². The van der Waals surface area contributed by atoms with Crippen LogP contribution in [0.2, 0.25) is 0 Å². The van der Waals surface area contributed by atoms with E-state index in [2.05, 4.69) is 0 Å². The molecule has 1 aliphatic rings. The highest BCUT2D eigenvalue weighted by Crippen LogP contribution is 2.33. The van der Waals surface area contributed by atoms with E-state index < -0.39 is 0 Å². The van der Waals surface area contributed by atoms with E-state index in [0.29, 0.717) is 6.54 Å². The van der Waals surface area contributed by atoms with Crippen LogP contribution in [-0.2, 0) is 17.8 Å². The van der Waals surface area contributed by atoms with E-state index >= 15 is 0 Å². The summed E-state index contributed by atoms with van der Waals surface area (Å²) in [4.78, 5) is 12.7. The summed E-state index contributed by atoms with van der Waals surface area (Å²) >= 11 is 0. The molecule has 0 aliphatic carbocycles. The Labute approximate surface area is 101 Å². The van der Waals surface area contributed by atoms with Crippen LogP contribution in [0.25, 0.3) is 0 Å². The van der Waals surface area contributed by atoms with Gasteiger partial charge in [0.1, 0.15) is 11.5 Å². The van der Waals surface area contributed by atoms with Gasteiger partial charge in [-0.3, -0.25) is 4.79 Å². The molecule has 4 heteroatoms. The Morgan fingerprint density at radius 1 is 1.18 bits per heavy atom. The van der Waals surface area contributed by atoms with Gasteiger partial charge in [0.2, 0.25) is 6.41 Å². The first-order valence-electron chi connectivity index (χ1n) is 5.72. The van der Waals surface area contributed by atoms with Crippen LogP contribution >= 0.6 is 0 Å². The molecule has 0 fully saturated rings. The second-order valence-electron chi connectivity index (χ2n) is 4.11. The third-order valence-corrected chi connectivity index (χ3v) is 3.17. The van der Waals surface area contributed by atoms with Crippen LogP contribution in [-0.4, -0.2) is 32.1 Å². The minimum Gasteiger partial charge on any atom is -0.496 e. The number of hydrogen-bond donors (Lipinski definition) is 0. The van der Waals surface area contributed by atoms with E-state index in [1.165, 1.54) is 0 Å². The fraction of sp³-hybridized carbons (Fsp3) is 0.462. The predicted molar refractivity (Wildman–Crippen MR) is 64.3 cm³/mol. The summed E-state index contributed by atoms with van der Waals surface area (Å²) in [6.07, 6.45) is 2.77. The molecule has 0 unspecified atom stereocenters. The van der Waals surface area contributed by atoms with Gasteiger partial charge in [0.05, 0.1) is 14.2 Å². The van der Waals surface area contributed by atoms with Gasteiger partial charge in [-0.15, -0.1) is 0 Å². The van der Waals surface area contributed by atoms with Crippen LogP contribution in [0, 0.1) is 0 Å². The zero-order valence-electron chi connectivity index (χ0n) is 10.2. The fourth-order valence-electron chi connectivity index (χ4n) is 2.31. The molecular formula is C13H17NO3. The minimum absolute atomic E-state index is 0.596. The lowest BCUT2D eigenvalue weighted by Gasteiger charge is -2.18. The van der Waals surface area contributed by atoms with Crippen LogP contribution in [0.4, 0.5) is 0 Å². The van der Waals surface area contributed by atoms with Gasteiger partial charge in [-0.2, -0.15) is 0 Å². The van der Waals surface area contributed by atoms with Gasteiger partial charge in [-0.05, 0) is 25.0 Å². The van der Waals surface area contributed by atoms with Crippen molar-refractivity contribution in [1.82, 2.24) is 4.90 Å². The molecule has 0 spiro atoms. The normalized spacial score (nSPS) is 14.8. The molecule has 0 atom stereocenters. The van der Waals surface area contributed by atoms with Crippen LogP contribution in [0.3, 0.4) is 0 Å². The molecule has 1 aromatic carbocycles. The van der Waals surface area contributed by atoms with Crippen LogP contribution in [0.15, 0.2) is 12.1 Å². The Morgan fingerprint density at radius 2 is 1.82 bits per heavy atom. The first kappa shape index (κ1) is 11.8. The molecule has 1 amide bonds. The Bertz CT molecular complexity index is 417. The van der Waals surface area contributed by atoms with Crippen molar-refractivity contribution >= 4 is 6.41 Å². The predicted octanol–water partition coefficient (Wildman–Crippen LogP) is 1.61. The van der Waals surface area contributed by atoms with Crippen LogP contribution < -0.4 is 9.47 Å². The van der Waals surface area contributed by atoms with E-state index in [1.807, 2.05) is 12.1 Å². The standard InChI is InChI=1S/C13H17NO3/c1-16-12-5-6-13(17-2)11-8-14(9-15)7-3-4-10(11)12/h5-6,9H,3-4,7-8H2,1-2H3. The van der Waals surface area contributed by atoms with Gasteiger partial charge in [-0.25, -0.2) is 0 Å². The smallest absolute Gasteiger partial charge is 0.210 e. The third-order valence-electron chi connectivity index (χ3n) is 3.17. The maximum absolute atomic E-state index is 10.9. The molecule has 1 aromatic rings. The number of benzene rings is 1. The largest absolute Gasteiger partial charge is 0.496 e. The van der Waals surface area contributed by atoms with Gasteiger partial charge < -0.3 is 14.4 Å². The lowest BCUT2D eigenvalue weighted by atomic mass is 10.0. The van der Waals surface area contributed by atoms with Crippen molar-refractivity contribution in [2.45, 2.75) is 19.4 Å². The first-order valence-corrected chi connectivity index (χ1v) is 5.72. The van der Waals surface area contributed by atoms with Gasteiger partial charge in [0.15, 0.2) is 0 Å². The van der Waals surface area contributed by atoms with Gasteiger partial charge in [-0.1, -0.05) is 0 Å². The molecule has 4 nitrogen and oxygen atoms in total. The average molecular weight is 235 g/mol. The van der Waals surface area contributed by atoms with Gasteiger partial charge in [0.25, 0.3) is 0 Å². The summed E-state index contributed by atoms with van der Waals surface area (Å²) in [5.74, 6) is 1.71. The topological polar surface area (TPSA) is 38.8 Å². The first-order chi connectivity index (χ1) is 8.30. The van der Waals surface area contributed by atoms with E-state index in [1.54, 1.807) is 19.1 Å². The van der Waals surface area contributed by atoms with Crippen molar-refractivity contribution in [3.05, 3.63) is 23.3 Å². The lowest BCUT2D eigenvalue weighted by molar-refractivity contribution is -0.118. The number of ether oxygens (including phenoxy) is 2. The second kappa shape index (κ2) is 5.08. The molecule has 0 saturated carbocycles. The van der Waals surface area contributed by atoms with E-state index in [4.69, 9.17) is 9.47 Å². The highest BCUT2D eigenvalue weighted by atomic mass is 16.5. The molecule has 0 N–H and O–H groups in total. The third kappa shape index (κ3) is 2.20. The summed E-state index contributed by atoms with van der Waals surface area (Å²) in [5.41, 5.74) is 2.23. The van der Waals surface area contributed by atoms with Crippen molar-refractivity contribution < 1.29 is 14.3 Å². The zero-order chi connectivity index (χ0) is 12.3.